The Bertz CT molecular complexity index is 1120. The van der Waals surface area contributed by atoms with Gasteiger partial charge in [0.25, 0.3) is 5.91 Å². The molecular weight excluding hydrogens is 389 g/mol. The molecule has 9 heteroatoms. The topological polar surface area (TPSA) is 88.2 Å². The zero-order chi connectivity index (χ0) is 19.8. The standard InChI is InChI=1S/C18H18FN3O3S2/c1-10(2)22-27(24,25)13-5-6-15(19)14(9-13)18(23)21-12-4-7-16-17(8-12)26-11(3)20-16/h4-10,22H,1-3H3,(H,21,23). The van der Waals surface area contributed by atoms with Gasteiger partial charge in [-0.25, -0.2) is 22.5 Å². The van der Waals surface area contributed by atoms with Gasteiger partial charge in [0.05, 0.1) is 25.7 Å². The molecule has 1 amide bonds. The average molecular weight is 407 g/mol. The minimum atomic E-state index is -3.83. The molecule has 0 atom stereocenters. The maximum absolute atomic E-state index is 14.1. The van der Waals surface area contributed by atoms with Gasteiger partial charge in [0.1, 0.15) is 5.82 Å². The number of thiazole rings is 1. The van der Waals surface area contributed by atoms with E-state index >= 15 is 0 Å². The zero-order valence-corrected chi connectivity index (χ0v) is 16.5. The van der Waals surface area contributed by atoms with Crippen LogP contribution in [-0.4, -0.2) is 25.4 Å². The lowest BCUT2D eigenvalue weighted by Crippen LogP contribution is -2.30. The van der Waals surface area contributed by atoms with Crippen LogP contribution in [0, 0.1) is 12.7 Å². The number of fused-ring (bicyclic) bond motifs is 1. The SMILES string of the molecule is Cc1nc2ccc(NC(=O)c3cc(S(=O)(=O)NC(C)C)ccc3F)cc2s1. The Morgan fingerprint density at radius 1 is 1.19 bits per heavy atom. The summed E-state index contributed by atoms with van der Waals surface area (Å²) in [5, 5.41) is 3.50. The minimum absolute atomic E-state index is 0.170. The number of carbonyl (C=O) groups excluding carboxylic acids is 1. The van der Waals surface area contributed by atoms with Gasteiger partial charge in [-0.15, -0.1) is 11.3 Å². The van der Waals surface area contributed by atoms with Crippen LogP contribution in [0.3, 0.4) is 0 Å². The molecule has 0 saturated heterocycles. The summed E-state index contributed by atoms with van der Waals surface area (Å²) < 4.78 is 42.0. The number of aryl methyl sites for hydroxylation is 1. The molecule has 0 radical (unpaired) electrons. The molecule has 0 unspecified atom stereocenters. The van der Waals surface area contributed by atoms with Crippen LogP contribution in [0.25, 0.3) is 10.2 Å². The molecule has 3 rings (SSSR count). The van der Waals surface area contributed by atoms with Crippen molar-refractivity contribution in [1.82, 2.24) is 9.71 Å². The third kappa shape index (κ3) is 4.32. The molecule has 0 saturated carbocycles. The van der Waals surface area contributed by atoms with E-state index < -0.39 is 21.7 Å². The first-order chi connectivity index (χ1) is 12.7. The second-order valence-corrected chi connectivity index (χ2v) is 9.24. The maximum atomic E-state index is 14.1. The van der Waals surface area contributed by atoms with Crippen molar-refractivity contribution in [2.75, 3.05) is 5.32 Å². The maximum Gasteiger partial charge on any atom is 0.258 e. The molecule has 27 heavy (non-hydrogen) atoms. The molecule has 0 fully saturated rings. The molecule has 142 valence electrons. The number of hydrogen-bond acceptors (Lipinski definition) is 5. The number of hydrogen-bond donors (Lipinski definition) is 2. The molecule has 2 N–H and O–H groups in total. The number of nitrogens with one attached hydrogen (secondary N) is 2. The van der Waals surface area contributed by atoms with Crippen LogP contribution in [-0.2, 0) is 10.0 Å². The van der Waals surface area contributed by atoms with Crippen LogP contribution in [0.1, 0.15) is 29.2 Å². The predicted molar refractivity (Wildman–Crippen MR) is 104 cm³/mol. The van der Waals surface area contributed by atoms with Crippen molar-refractivity contribution in [1.29, 1.82) is 0 Å². The normalized spacial score (nSPS) is 11.9. The van der Waals surface area contributed by atoms with Crippen LogP contribution < -0.4 is 10.0 Å². The molecule has 0 aliphatic rings. The molecule has 1 heterocycles. The number of rotatable bonds is 5. The Morgan fingerprint density at radius 2 is 1.93 bits per heavy atom. The fourth-order valence-corrected chi connectivity index (χ4v) is 4.68. The molecular formula is C18H18FN3O3S2. The van der Waals surface area contributed by atoms with Crippen LogP contribution in [0.2, 0.25) is 0 Å². The highest BCUT2D eigenvalue weighted by Crippen LogP contribution is 2.25. The largest absolute Gasteiger partial charge is 0.322 e. The zero-order valence-electron chi connectivity index (χ0n) is 14.9. The Morgan fingerprint density at radius 3 is 2.63 bits per heavy atom. The van der Waals surface area contributed by atoms with E-state index in [1.165, 1.54) is 11.3 Å². The van der Waals surface area contributed by atoms with Gasteiger partial charge in [-0.2, -0.15) is 0 Å². The van der Waals surface area contributed by atoms with Gasteiger partial charge >= 0.3 is 0 Å². The van der Waals surface area contributed by atoms with Crippen LogP contribution in [0.5, 0.6) is 0 Å². The first-order valence-corrected chi connectivity index (χ1v) is 10.5. The van der Waals surface area contributed by atoms with Crippen molar-refractivity contribution in [3.05, 3.63) is 52.8 Å². The van der Waals surface area contributed by atoms with Crippen molar-refractivity contribution < 1.29 is 17.6 Å². The summed E-state index contributed by atoms with van der Waals surface area (Å²) in [6.07, 6.45) is 0. The van der Waals surface area contributed by atoms with Crippen molar-refractivity contribution in [3.63, 3.8) is 0 Å². The Labute approximate surface area is 160 Å². The van der Waals surface area contributed by atoms with Crippen molar-refractivity contribution in [2.45, 2.75) is 31.7 Å². The highest BCUT2D eigenvalue weighted by Gasteiger charge is 2.20. The first-order valence-electron chi connectivity index (χ1n) is 8.16. The lowest BCUT2D eigenvalue weighted by atomic mass is 10.2. The minimum Gasteiger partial charge on any atom is -0.322 e. The number of aromatic nitrogens is 1. The number of nitrogens with zero attached hydrogens (tertiary/aromatic N) is 1. The van der Waals surface area contributed by atoms with Gasteiger partial charge in [0.2, 0.25) is 10.0 Å². The van der Waals surface area contributed by atoms with Gasteiger partial charge < -0.3 is 5.32 Å². The second kappa shape index (κ2) is 7.34. The number of benzene rings is 2. The Kier molecular flexibility index (Phi) is 5.27. The summed E-state index contributed by atoms with van der Waals surface area (Å²) in [5.74, 6) is -1.53. The van der Waals surface area contributed by atoms with E-state index in [0.29, 0.717) is 5.69 Å². The summed E-state index contributed by atoms with van der Waals surface area (Å²) in [6, 6.07) is 7.98. The third-order valence-electron chi connectivity index (χ3n) is 3.64. The molecule has 0 spiro atoms. The molecule has 0 bridgehead atoms. The third-order valence-corrected chi connectivity index (χ3v) is 6.23. The van der Waals surface area contributed by atoms with Gasteiger partial charge in [0.15, 0.2) is 0 Å². The number of halogens is 1. The number of sulfonamides is 1. The number of anilines is 1. The average Bonchev–Trinajstić information content (AvgIpc) is 2.93. The smallest absolute Gasteiger partial charge is 0.258 e. The van der Waals surface area contributed by atoms with E-state index in [-0.39, 0.29) is 16.5 Å². The summed E-state index contributed by atoms with van der Waals surface area (Å²) in [5.41, 5.74) is 0.945. The molecule has 0 aliphatic carbocycles. The lowest BCUT2D eigenvalue weighted by Gasteiger charge is -2.11. The molecule has 1 aromatic heterocycles. The first kappa shape index (κ1) is 19.4. The van der Waals surface area contributed by atoms with Gasteiger partial charge in [-0.05, 0) is 57.2 Å². The van der Waals surface area contributed by atoms with Crippen molar-refractivity contribution in [2.24, 2.45) is 0 Å². The molecule has 6 nitrogen and oxygen atoms in total. The fourth-order valence-electron chi connectivity index (χ4n) is 2.54. The predicted octanol–water partition coefficient (Wildman–Crippen LogP) is 3.68. The monoisotopic (exact) mass is 407 g/mol. The Hall–Kier alpha value is -2.36. The van der Waals surface area contributed by atoms with E-state index in [1.54, 1.807) is 32.0 Å². The summed E-state index contributed by atoms with van der Waals surface area (Å²) in [4.78, 5) is 16.7. The van der Waals surface area contributed by atoms with E-state index in [4.69, 9.17) is 0 Å². The highest BCUT2D eigenvalue weighted by atomic mass is 32.2. The van der Waals surface area contributed by atoms with E-state index in [0.717, 1.165) is 33.4 Å². The fraction of sp³-hybridized carbons (Fsp3) is 0.222. The van der Waals surface area contributed by atoms with E-state index in [2.05, 4.69) is 15.0 Å². The highest BCUT2D eigenvalue weighted by molar-refractivity contribution is 7.89. The molecule has 2 aromatic carbocycles. The summed E-state index contributed by atoms with van der Waals surface area (Å²) >= 11 is 1.48. The van der Waals surface area contributed by atoms with Crippen LogP contribution in [0.15, 0.2) is 41.3 Å². The van der Waals surface area contributed by atoms with Crippen molar-refractivity contribution in [3.8, 4) is 0 Å². The second-order valence-electron chi connectivity index (χ2n) is 6.29. The quantitative estimate of drug-likeness (QED) is 0.675. The van der Waals surface area contributed by atoms with Crippen molar-refractivity contribution >= 4 is 43.2 Å². The van der Waals surface area contributed by atoms with E-state index in [9.17, 15) is 17.6 Å². The number of amides is 1. The van der Waals surface area contributed by atoms with Gasteiger partial charge in [-0.3, -0.25) is 4.79 Å². The summed E-state index contributed by atoms with van der Waals surface area (Å²) in [6.45, 7) is 5.23. The van der Waals surface area contributed by atoms with Gasteiger partial charge in [0, 0.05) is 11.7 Å². The molecule has 3 aromatic rings. The molecule has 0 aliphatic heterocycles. The lowest BCUT2D eigenvalue weighted by molar-refractivity contribution is 0.102. The number of carbonyl (C=O) groups is 1. The Balaban J connectivity index is 1.90. The van der Waals surface area contributed by atoms with E-state index in [1.807, 2.05) is 6.92 Å². The van der Waals surface area contributed by atoms with Crippen LogP contribution in [0.4, 0.5) is 10.1 Å². The summed E-state index contributed by atoms with van der Waals surface area (Å²) in [7, 11) is -3.83. The van der Waals surface area contributed by atoms with Gasteiger partial charge in [-0.1, -0.05) is 0 Å². The van der Waals surface area contributed by atoms with Crippen LogP contribution >= 0.6 is 11.3 Å².